The fraction of sp³-hybridized carbons (Fsp3) is 0.833. The van der Waals surface area contributed by atoms with Crippen LogP contribution < -0.4 is 0 Å². The van der Waals surface area contributed by atoms with Crippen molar-refractivity contribution in [3.8, 4) is 0 Å². The van der Waals surface area contributed by atoms with Crippen LogP contribution in [0.3, 0.4) is 0 Å². The zero-order valence-electron chi connectivity index (χ0n) is 23.8. The molecular formula is C24H50O5Si4. The van der Waals surface area contributed by atoms with Gasteiger partial charge in [0, 0.05) is 27.2 Å². The molecule has 0 N–H and O–H groups in total. The largest absolute Gasteiger partial charge is 0.466 e. The van der Waals surface area contributed by atoms with Gasteiger partial charge in [-0.3, -0.25) is 4.79 Å². The minimum absolute atomic E-state index is 0.0911. The van der Waals surface area contributed by atoms with E-state index in [9.17, 15) is 9.59 Å². The van der Waals surface area contributed by atoms with Gasteiger partial charge in [-0.05, 0) is 38.9 Å². The number of hydrogen-bond donors (Lipinski definition) is 0. The van der Waals surface area contributed by atoms with Crippen LogP contribution in [0.2, 0.25) is 64.5 Å². The summed E-state index contributed by atoms with van der Waals surface area (Å²) in [4.78, 5) is 26.1. The van der Waals surface area contributed by atoms with E-state index >= 15 is 0 Å². The molecule has 1 aliphatic rings. The van der Waals surface area contributed by atoms with Crippen LogP contribution >= 0.6 is 0 Å². The second kappa shape index (κ2) is 9.87. The molecule has 0 aliphatic carbocycles. The van der Waals surface area contributed by atoms with Crippen molar-refractivity contribution in [1.82, 2.24) is 0 Å². The fourth-order valence-corrected chi connectivity index (χ4v) is 65.2. The summed E-state index contributed by atoms with van der Waals surface area (Å²) in [6, 6.07) is 0. The van der Waals surface area contributed by atoms with Crippen molar-refractivity contribution < 1.29 is 23.5 Å². The van der Waals surface area contributed by atoms with Gasteiger partial charge in [-0.15, -0.1) is 0 Å². The summed E-state index contributed by atoms with van der Waals surface area (Å²) in [6.07, 6.45) is 3.47. The van der Waals surface area contributed by atoms with Crippen molar-refractivity contribution in [2.45, 2.75) is 104 Å². The maximum Gasteiger partial charge on any atom is 0.330 e. The van der Waals surface area contributed by atoms with Gasteiger partial charge in [-0.25, -0.2) is 4.79 Å². The lowest BCUT2D eigenvalue weighted by Crippen LogP contribution is -2.98. The molecule has 1 aliphatic heterocycles. The van der Waals surface area contributed by atoms with Crippen LogP contribution in [-0.4, -0.2) is 61.0 Å². The third kappa shape index (κ3) is 5.22. The summed E-state index contributed by atoms with van der Waals surface area (Å²) in [5.74, 6) is -0.652. The minimum atomic E-state index is -2.44. The van der Waals surface area contributed by atoms with Crippen LogP contribution in [0.5, 0.6) is 0 Å². The topological polar surface area (TPSA) is 61.8 Å². The lowest BCUT2D eigenvalue weighted by atomic mass is 9.77. The Hall–Kier alpha value is -0.492. The molecular weight excluding hydrogens is 481 g/mol. The Morgan fingerprint density at radius 1 is 0.879 bits per heavy atom. The predicted octanol–water partition coefficient (Wildman–Crippen LogP) is 6.13. The Kier molecular flexibility index (Phi) is 9.13. The molecule has 0 unspecified atom stereocenters. The van der Waals surface area contributed by atoms with Gasteiger partial charge in [-0.2, -0.15) is 0 Å². The Labute approximate surface area is 206 Å². The average molecular weight is 531 g/mol. The van der Waals surface area contributed by atoms with E-state index in [2.05, 4.69) is 79.7 Å². The lowest BCUT2D eigenvalue weighted by Gasteiger charge is -2.78. The zero-order valence-corrected chi connectivity index (χ0v) is 27.8. The van der Waals surface area contributed by atoms with Gasteiger partial charge < -0.3 is 13.9 Å². The van der Waals surface area contributed by atoms with Crippen LogP contribution in [0, 0.1) is 11.3 Å². The van der Waals surface area contributed by atoms with Crippen LogP contribution in [-0.2, 0) is 23.5 Å². The second-order valence-corrected chi connectivity index (χ2v) is 45.0. The Bertz CT molecular complexity index is 739. The first-order chi connectivity index (χ1) is 14.7. The standard InChI is InChI=1S/C24H50O5Si4/c1-15-27-20(25)18-17-19-21(22(26)28-16-2)33(31(9,10)11,32(12,13)14)24(19,23(3,4)5)29-30(6,7)8/h17-19,21H,15-16H2,1-14H3/b18-17+/t19-,21+,24-/m1/s1. The highest BCUT2D eigenvalue weighted by Gasteiger charge is 2.85. The molecule has 1 fully saturated rings. The predicted molar refractivity (Wildman–Crippen MR) is 149 cm³/mol. The maximum atomic E-state index is 13.8. The van der Waals surface area contributed by atoms with Crippen molar-refractivity contribution in [3.63, 3.8) is 0 Å². The lowest BCUT2D eigenvalue weighted by molar-refractivity contribution is -0.150. The molecule has 1 heterocycles. The van der Waals surface area contributed by atoms with Crippen molar-refractivity contribution in [2.75, 3.05) is 13.2 Å². The summed E-state index contributed by atoms with van der Waals surface area (Å²) >= 11 is 0. The van der Waals surface area contributed by atoms with Gasteiger partial charge in [0.2, 0.25) is 0 Å². The average Bonchev–Trinajstić information content (AvgIpc) is 2.54. The van der Waals surface area contributed by atoms with E-state index in [1.807, 2.05) is 13.0 Å². The van der Waals surface area contributed by atoms with E-state index in [1.54, 1.807) is 6.92 Å². The molecule has 0 amide bonds. The Morgan fingerprint density at radius 2 is 1.33 bits per heavy atom. The first-order valence-electron chi connectivity index (χ1n) is 12.4. The van der Waals surface area contributed by atoms with E-state index in [0.29, 0.717) is 13.2 Å². The molecule has 33 heavy (non-hydrogen) atoms. The van der Waals surface area contributed by atoms with Crippen LogP contribution in [0.4, 0.5) is 0 Å². The van der Waals surface area contributed by atoms with E-state index in [0.717, 1.165) is 0 Å². The molecule has 0 saturated carbocycles. The van der Waals surface area contributed by atoms with Gasteiger partial charge in [0.25, 0.3) is 0 Å². The van der Waals surface area contributed by atoms with Crippen molar-refractivity contribution in [3.05, 3.63) is 12.2 Å². The van der Waals surface area contributed by atoms with Crippen LogP contribution in [0.25, 0.3) is 0 Å². The summed E-state index contributed by atoms with van der Waals surface area (Å²) in [5.41, 5.74) is -0.399. The highest BCUT2D eigenvalue weighted by molar-refractivity contribution is 7.71. The highest BCUT2D eigenvalue weighted by atomic mass is 29.6. The third-order valence-corrected chi connectivity index (χ3v) is 48.6. The number of esters is 2. The molecule has 0 aromatic rings. The third-order valence-electron chi connectivity index (χ3n) is 7.10. The summed E-state index contributed by atoms with van der Waals surface area (Å²) in [5, 5.41) is -0.445. The zero-order chi connectivity index (χ0) is 26.3. The summed E-state index contributed by atoms with van der Waals surface area (Å²) in [6.45, 7) is 32.6. The molecule has 1 saturated heterocycles. The number of rotatable bonds is 9. The summed E-state index contributed by atoms with van der Waals surface area (Å²) in [7, 11) is -8.33. The van der Waals surface area contributed by atoms with Crippen LogP contribution in [0.15, 0.2) is 12.2 Å². The van der Waals surface area contributed by atoms with Gasteiger partial charge >= 0.3 is 11.9 Å². The van der Waals surface area contributed by atoms with Gasteiger partial charge in [0.15, 0.2) is 8.32 Å². The quantitative estimate of drug-likeness (QED) is 0.204. The number of carbonyl (C=O) groups excluding carboxylic acids is 2. The molecule has 192 valence electrons. The molecule has 0 bridgehead atoms. The van der Waals surface area contributed by atoms with Gasteiger partial charge in [-0.1, -0.05) is 66.1 Å². The number of ether oxygens (including phenoxy) is 2. The monoisotopic (exact) mass is 530 g/mol. The first kappa shape index (κ1) is 30.5. The molecule has 0 spiro atoms. The Balaban J connectivity index is 4.14. The molecule has 0 aromatic carbocycles. The Morgan fingerprint density at radius 3 is 1.67 bits per heavy atom. The van der Waals surface area contributed by atoms with Crippen LogP contribution in [0.1, 0.15) is 34.6 Å². The molecule has 3 atom stereocenters. The smallest absolute Gasteiger partial charge is 0.330 e. The van der Waals surface area contributed by atoms with Crippen molar-refractivity contribution in [2.24, 2.45) is 11.3 Å². The maximum absolute atomic E-state index is 13.8. The van der Waals surface area contributed by atoms with E-state index < -0.39 is 35.8 Å². The molecule has 0 radical (unpaired) electrons. The van der Waals surface area contributed by atoms with E-state index in [1.165, 1.54) is 6.08 Å². The highest BCUT2D eigenvalue weighted by Crippen LogP contribution is 2.70. The van der Waals surface area contributed by atoms with Crippen molar-refractivity contribution >= 4 is 42.5 Å². The molecule has 1 rings (SSSR count). The van der Waals surface area contributed by atoms with Crippen molar-refractivity contribution in [1.29, 1.82) is 0 Å². The number of hydrogen-bond acceptors (Lipinski definition) is 5. The van der Waals surface area contributed by atoms with Gasteiger partial charge in [0.05, 0.1) is 31.1 Å². The van der Waals surface area contributed by atoms with E-state index in [4.69, 9.17) is 13.9 Å². The normalized spacial score (nSPS) is 26.1. The number of carbonyl (C=O) groups is 2. The van der Waals surface area contributed by atoms with Gasteiger partial charge in [0.1, 0.15) is 0 Å². The fourth-order valence-electron chi connectivity index (χ4n) is 7.12. The second-order valence-electron chi connectivity index (χ2n) is 13.4. The molecule has 9 heteroatoms. The molecule has 5 nitrogen and oxygen atoms in total. The minimum Gasteiger partial charge on any atom is -0.466 e. The van der Waals surface area contributed by atoms with E-state index in [-0.39, 0.29) is 28.8 Å². The molecule has 0 aromatic heterocycles. The SMILES string of the molecule is CCOC(=O)/C=C/[C@@H]1[C@@H](C(=O)OCC)[Si]([Si](C)(C)C)([Si](C)(C)C)[C@@]1(O[Si](C)(C)C)C(C)(C)C. The summed E-state index contributed by atoms with van der Waals surface area (Å²) < 4.78 is 18.4. The first-order valence-corrected chi connectivity index (χ1v) is 26.9.